The highest BCUT2D eigenvalue weighted by molar-refractivity contribution is 5.76. The molecule has 0 radical (unpaired) electrons. The van der Waals surface area contributed by atoms with Gasteiger partial charge >= 0.3 is 5.97 Å². The van der Waals surface area contributed by atoms with E-state index in [9.17, 15) is 4.79 Å². The average molecular weight is 241 g/mol. The number of rotatable bonds is 2. The van der Waals surface area contributed by atoms with E-state index in [-0.39, 0.29) is 24.4 Å². The van der Waals surface area contributed by atoms with Gasteiger partial charge in [0.05, 0.1) is 6.61 Å². The van der Waals surface area contributed by atoms with Crippen molar-refractivity contribution >= 4 is 5.97 Å². The van der Waals surface area contributed by atoms with Crippen molar-refractivity contribution in [2.75, 3.05) is 6.61 Å². The molecule has 0 aromatic heterocycles. The van der Waals surface area contributed by atoms with Gasteiger partial charge in [0, 0.05) is 6.54 Å². The van der Waals surface area contributed by atoms with E-state index in [0.717, 1.165) is 13.0 Å². The van der Waals surface area contributed by atoms with Gasteiger partial charge in [-0.25, -0.2) is 0 Å². The summed E-state index contributed by atoms with van der Waals surface area (Å²) in [6, 6.07) is 8.00. The molecular weight excluding hydrogens is 226 g/mol. The number of ether oxygens (including phenoxy) is 1. The van der Waals surface area contributed by atoms with Gasteiger partial charge in [-0.2, -0.15) is 0 Å². The SMILES string of the molecule is CCOC(=O)C1Cc2ccccc2CN1.[Cl-]. The van der Waals surface area contributed by atoms with Crippen molar-refractivity contribution in [3.8, 4) is 0 Å². The number of hydrogen-bond acceptors (Lipinski definition) is 3. The van der Waals surface area contributed by atoms with Crippen molar-refractivity contribution in [3.05, 3.63) is 35.4 Å². The molecule has 3 nitrogen and oxygen atoms in total. The highest BCUT2D eigenvalue weighted by atomic mass is 35.5. The zero-order valence-electron chi connectivity index (χ0n) is 9.20. The quantitative estimate of drug-likeness (QED) is 0.625. The summed E-state index contributed by atoms with van der Waals surface area (Å²) in [4.78, 5) is 11.5. The van der Waals surface area contributed by atoms with E-state index in [0.29, 0.717) is 6.61 Å². The molecule has 1 heterocycles. The topological polar surface area (TPSA) is 38.3 Å². The minimum absolute atomic E-state index is 0. The molecule has 0 amide bonds. The van der Waals surface area contributed by atoms with Crippen LogP contribution in [-0.4, -0.2) is 18.6 Å². The molecule has 4 heteroatoms. The Kier molecular flexibility index (Phi) is 4.77. The van der Waals surface area contributed by atoms with E-state index in [2.05, 4.69) is 17.4 Å². The molecule has 16 heavy (non-hydrogen) atoms. The fourth-order valence-corrected chi connectivity index (χ4v) is 1.86. The number of carbonyl (C=O) groups excluding carboxylic acids is 1. The number of fused-ring (bicyclic) bond motifs is 1. The second-order valence-corrected chi connectivity index (χ2v) is 3.66. The maximum atomic E-state index is 11.5. The van der Waals surface area contributed by atoms with Crippen molar-refractivity contribution in [3.63, 3.8) is 0 Å². The first-order valence-electron chi connectivity index (χ1n) is 5.28. The fraction of sp³-hybridized carbons (Fsp3) is 0.417. The van der Waals surface area contributed by atoms with Crippen LogP contribution in [0.25, 0.3) is 0 Å². The first kappa shape index (κ1) is 13.0. The van der Waals surface area contributed by atoms with Crippen molar-refractivity contribution in [1.29, 1.82) is 0 Å². The molecule has 1 atom stereocenters. The molecule has 0 bridgehead atoms. The van der Waals surface area contributed by atoms with Crippen LogP contribution in [-0.2, 0) is 22.5 Å². The van der Waals surface area contributed by atoms with Crippen LogP contribution in [0.3, 0.4) is 0 Å². The summed E-state index contributed by atoms with van der Waals surface area (Å²) in [6.45, 7) is 3.02. The molecule has 0 saturated heterocycles. The lowest BCUT2D eigenvalue weighted by atomic mass is 9.96. The molecule has 1 unspecified atom stereocenters. The lowest BCUT2D eigenvalue weighted by Gasteiger charge is -2.24. The van der Waals surface area contributed by atoms with E-state index in [1.165, 1.54) is 11.1 Å². The molecule has 1 aliphatic rings. The van der Waals surface area contributed by atoms with Crippen molar-refractivity contribution in [1.82, 2.24) is 5.32 Å². The number of halogens is 1. The van der Waals surface area contributed by atoms with Gasteiger partial charge in [-0.15, -0.1) is 0 Å². The van der Waals surface area contributed by atoms with Gasteiger partial charge < -0.3 is 22.5 Å². The predicted octanol–water partition coefficient (Wildman–Crippen LogP) is -1.73. The maximum absolute atomic E-state index is 11.5. The number of benzene rings is 1. The van der Waals surface area contributed by atoms with E-state index < -0.39 is 0 Å². The zero-order chi connectivity index (χ0) is 10.7. The molecule has 1 aliphatic heterocycles. The van der Waals surface area contributed by atoms with Crippen LogP contribution in [0.2, 0.25) is 0 Å². The van der Waals surface area contributed by atoms with Crippen molar-refractivity contribution < 1.29 is 21.9 Å². The zero-order valence-corrected chi connectivity index (χ0v) is 9.96. The van der Waals surface area contributed by atoms with E-state index in [4.69, 9.17) is 4.74 Å². The van der Waals surface area contributed by atoms with E-state index in [1.807, 2.05) is 19.1 Å². The molecule has 1 aromatic rings. The molecule has 1 aromatic carbocycles. The largest absolute Gasteiger partial charge is 1.00 e. The molecule has 0 saturated carbocycles. The molecule has 1 N–H and O–H groups in total. The van der Waals surface area contributed by atoms with E-state index in [1.54, 1.807) is 0 Å². The van der Waals surface area contributed by atoms with Gasteiger partial charge in [0.2, 0.25) is 0 Å². The van der Waals surface area contributed by atoms with Gasteiger partial charge in [0.25, 0.3) is 0 Å². The highest BCUT2D eigenvalue weighted by Crippen LogP contribution is 2.16. The number of carbonyl (C=O) groups is 1. The molecule has 0 spiro atoms. The molecule has 0 fully saturated rings. The Hall–Kier alpha value is -1.06. The lowest BCUT2D eigenvalue weighted by Crippen LogP contribution is -3.00. The van der Waals surface area contributed by atoms with Crippen LogP contribution >= 0.6 is 0 Å². The summed E-state index contributed by atoms with van der Waals surface area (Å²) >= 11 is 0. The van der Waals surface area contributed by atoms with Crippen LogP contribution in [0.1, 0.15) is 18.1 Å². The number of nitrogens with one attached hydrogen (secondary N) is 1. The molecule has 0 aliphatic carbocycles. The smallest absolute Gasteiger partial charge is 0.323 e. The summed E-state index contributed by atoms with van der Waals surface area (Å²) < 4.78 is 4.99. The standard InChI is InChI=1S/C12H15NO2.ClH/c1-2-15-12(14)11-7-9-5-3-4-6-10(9)8-13-11;/h3-6,11,13H,2,7-8H2,1H3;1H/p-1. The van der Waals surface area contributed by atoms with Gasteiger partial charge in [0.1, 0.15) is 6.04 Å². The summed E-state index contributed by atoms with van der Waals surface area (Å²) in [5.41, 5.74) is 2.52. The Bertz CT molecular complexity index is 368. The summed E-state index contributed by atoms with van der Waals surface area (Å²) in [6.07, 6.45) is 0.731. The lowest BCUT2D eigenvalue weighted by molar-refractivity contribution is -0.145. The third-order valence-electron chi connectivity index (χ3n) is 2.65. The Labute approximate surface area is 102 Å². The maximum Gasteiger partial charge on any atom is 0.323 e. The van der Waals surface area contributed by atoms with Gasteiger partial charge in [-0.05, 0) is 24.5 Å². The number of hydrogen-bond donors (Lipinski definition) is 1. The third kappa shape index (κ3) is 2.74. The highest BCUT2D eigenvalue weighted by Gasteiger charge is 2.24. The van der Waals surface area contributed by atoms with Gasteiger partial charge in [0.15, 0.2) is 0 Å². The molecular formula is C12H15ClNO2-. The summed E-state index contributed by atoms with van der Waals surface area (Å²) in [5.74, 6) is -0.146. The fourth-order valence-electron chi connectivity index (χ4n) is 1.86. The summed E-state index contributed by atoms with van der Waals surface area (Å²) in [7, 11) is 0. The Morgan fingerprint density at radius 1 is 1.44 bits per heavy atom. The van der Waals surface area contributed by atoms with Gasteiger partial charge in [-0.3, -0.25) is 4.79 Å². The van der Waals surface area contributed by atoms with Crippen LogP contribution in [0.5, 0.6) is 0 Å². The molecule has 2 rings (SSSR count). The average Bonchev–Trinajstić information content (AvgIpc) is 2.29. The molecule has 88 valence electrons. The van der Waals surface area contributed by atoms with Gasteiger partial charge in [-0.1, -0.05) is 24.3 Å². The minimum atomic E-state index is -0.181. The minimum Gasteiger partial charge on any atom is -1.00 e. The summed E-state index contributed by atoms with van der Waals surface area (Å²) in [5, 5.41) is 3.19. The van der Waals surface area contributed by atoms with Crippen LogP contribution < -0.4 is 17.7 Å². The predicted molar refractivity (Wildman–Crippen MR) is 57.4 cm³/mol. The monoisotopic (exact) mass is 240 g/mol. The van der Waals surface area contributed by atoms with Crippen LogP contribution in [0.4, 0.5) is 0 Å². The number of esters is 1. The van der Waals surface area contributed by atoms with Crippen LogP contribution in [0, 0.1) is 0 Å². The van der Waals surface area contributed by atoms with Crippen molar-refractivity contribution in [2.24, 2.45) is 0 Å². The Balaban J connectivity index is 0.00000128. The first-order valence-corrected chi connectivity index (χ1v) is 5.28. The second kappa shape index (κ2) is 5.87. The van der Waals surface area contributed by atoms with Crippen LogP contribution in [0.15, 0.2) is 24.3 Å². The first-order chi connectivity index (χ1) is 7.31. The Morgan fingerprint density at radius 3 is 2.81 bits per heavy atom. The van der Waals surface area contributed by atoms with Crippen molar-refractivity contribution in [2.45, 2.75) is 25.9 Å². The third-order valence-corrected chi connectivity index (χ3v) is 2.65. The normalized spacial score (nSPS) is 18.2. The second-order valence-electron chi connectivity index (χ2n) is 3.66. The van der Waals surface area contributed by atoms with E-state index >= 15 is 0 Å². The Morgan fingerprint density at radius 2 is 2.12 bits per heavy atom.